The van der Waals surface area contributed by atoms with Crippen molar-refractivity contribution in [3.63, 3.8) is 0 Å². The second-order valence-corrected chi connectivity index (χ2v) is 7.59. The van der Waals surface area contributed by atoms with Crippen LogP contribution in [0.5, 0.6) is 0 Å². The highest BCUT2D eigenvalue weighted by atomic mass is 16.5. The van der Waals surface area contributed by atoms with Crippen LogP contribution in [0.3, 0.4) is 0 Å². The third kappa shape index (κ3) is 7.96. The molecule has 1 aromatic rings. The quantitative estimate of drug-likeness (QED) is 0.602. The molecule has 0 aromatic carbocycles. The summed E-state index contributed by atoms with van der Waals surface area (Å²) in [4.78, 5) is 11.4. The molecule has 0 saturated heterocycles. The lowest BCUT2D eigenvalue weighted by molar-refractivity contribution is -0.122. The van der Waals surface area contributed by atoms with Gasteiger partial charge in [-0.25, -0.2) is 0 Å². The van der Waals surface area contributed by atoms with Crippen LogP contribution in [0, 0.1) is 5.41 Å². The van der Waals surface area contributed by atoms with Gasteiger partial charge in [0.25, 0.3) is 0 Å². The van der Waals surface area contributed by atoms with Crippen LogP contribution in [-0.4, -0.2) is 46.7 Å². The van der Waals surface area contributed by atoms with Gasteiger partial charge in [-0.15, -0.1) is 5.10 Å². The van der Waals surface area contributed by atoms with Crippen LogP contribution < -0.4 is 10.6 Å². The summed E-state index contributed by atoms with van der Waals surface area (Å²) in [6.07, 6.45) is 4.45. The van der Waals surface area contributed by atoms with Crippen molar-refractivity contribution in [2.45, 2.75) is 72.6 Å². The molecule has 0 aliphatic heterocycles. The molecule has 1 heterocycles. The third-order valence-electron chi connectivity index (χ3n) is 4.57. The van der Waals surface area contributed by atoms with E-state index in [-0.39, 0.29) is 16.9 Å². The van der Waals surface area contributed by atoms with Gasteiger partial charge in [-0.05, 0) is 39.2 Å². The predicted molar refractivity (Wildman–Crippen MR) is 99.1 cm³/mol. The van der Waals surface area contributed by atoms with Crippen molar-refractivity contribution in [2.75, 3.05) is 20.2 Å². The zero-order valence-electron chi connectivity index (χ0n) is 16.7. The molecule has 1 rings (SSSR count). The first kappa shape index (κ1) is 21.6. The fraction of sp³-hybridized carbons (Fsp3) is 0.833. The molecule has 0 spiro atoms. The van der Waals surface area contributed by atoms with Crippen molar-refractivity contribution in [1.82, 2.24) is 25.6 Å². The first-order valence-electron chi connectivity index (χ1n) is 9.18. The molecule has 1 atom stereocenters. The molecule has 0 bridgehead atoms. The average Bonchev–Trinajstić information content (AvgIpc) is 2.99. The van der Waals surface area contributed by atoms with E-state index in [1.165, 1.54) is 0 Å². The van der Waals surface area contributed by atoms with Crippen LogP contribution in [0.4, 0.5) is 0 Å². The van der Waals surface area contributed by atoms with Crippen LogP contribution in [0.25, 0.3) is 0 Å². The molecule has 2 N–H and O–H groups in total. The monoisotopic (exact) mass is 353 g/mol. The minimum atomic E-state index is -0.368. The zero-order valence-corrected chi connectivity index (χ0v) is 16.7. The van der Waals surface area contributed by atoms with Crippen LogP contribution in [0.1, 0.15) is 59.6 Å². The van der Waals surface area contributed by atoms with Crippen LogP contribution in [0.15, 0.2) is 6.20 Å². The Bertz CT molecular complexity index is 529. The highest BCUT2D eigenvalue weighted by Crippen LogP contribution is 2.28. The van der Waals surface area contributed by atoms with Gasteiger partial charge in [0.1, 0.15) is 0 Å². The Hall–Kier alpha value is -1.47. The smallest absolute Gasteiger partial charge is 0.219 e. The molecule has 25 heavy (non-hydrogen) atoms. The fourth-order valence-corrected chi connectivity index (χ4v) is 2.50. The summed E-state index contributed by atoms with van der Waals surface area (Å²) in [5, 5.41) is 14.4. The molecule has 7 heteroatoms. The predicted octanol–water partition coefficient (Wildman–Crippen LogP) is 2.13. The van der Waals surface area contributed by atoms with Gasteiger partial charge in [-0.2, -0.15) is 0 Å². The van der Waals surface area contributed by atoms with Gasteiger partial charge in [-0.3, -0.25) is 9.48 Å². The maximum atomic E-state index is 11.4. The highest BCUT2D eigenvalue weighted by molar-refractivity contribution is 5.75. The number of carbonyl (C=O) groups is 1. The summed E-state index contributed by atoms with van der Waals surface area (Å²) in [5.41, 5.74) is 0.671. The summed E-state index contributed by atoms with van der Waals surface area (Å²) in [5.74, 6) is 0.0543. The van der Waals surface area contributed by atoms with Crippen molar-refractivity contribution in [3.8, 4) is 0 Å². The molecule has 0 radical (unpaired) electrons. The molecule has 1 aromatic heterocycles. The standard InChI is InChI=1S/C18H35N5O2/c1-7-16(24)20-13-17(3,4)25-10-9-18(5,8-2)14-23-12-15(11-19-6)21-22-23/h12,19H,7-11,13-14H2,1-6H3,(H,20,24). The second-order valence-electron chi connectivity index (χ2n) is 7.59. The van der Waals surface area contributed by atoms with Crippen molar-refractivity contribution < 1.29 is 9.53 Å². The Balaban J connectivity index is 2.48. The van der Waals surface area contributed by atoms with E-state index in [1.54, 1.807) is 0 Å². The summed E-state index contributed by atoms with van der Waals surface area (Å²) in [6, 6.07) is 0. The van der Waals surface area contributed by atoms with Crippen molar-refractivity contribution in [3.05, 3.63) is 11.9 Å². The number of amides is 1. The molecule has 0 saturated carbocycles. The van der Waals surface area contributed by atoms with Crippen LogP contribution >= 0.6 is 0 Å². The molecule has 144 valence electrons. The minimum Gasteiger partial charge on any atom is -0.374 e. The molecule has 0 fully saturated rings. The van der Waals surface area contributed by atoms with Crippen molar-refractivity contribution >= 4 is 5.91 Å². The van der Waals surface area contributed by atoms with E-state index in [9.17, 15) is 4.79 Å². The molecule has 7 nitrogen and oxygen atoms in total. The topological polar surface area (TPSA) is 81.1 Å². The maximum Gasteiger partial charge on any atom is 0.219 e. The number of hydrogen-bond acceptors (Lipinski definition) is 5. The van der Waals surface area contributed by atoms with Gasteiger partial charge < -0.3 is 15.4 Å². The minimum absolute atomic E-state index is 0.0543. The van der Waals surface area contributed by atoms with E-state index in [4.69, 9.17) is 4.74 Å². The van der Waals surface area contributed by atoms with E-state index < -0.39 is 0 Å². The molecular formula is C18H35N5O2. The summed E-state index contributed by atoms with van der Waals surface area (Å²) in [7, 11) is 1.90. The second kappa shape index (κ2) is 9.87. The number of ether oxygens (including phenoxy) is 1. The fourth-order valence-electron chi connectivity index (χ4n) is 2.50. The van der Waals surface area contributed by atoms with Gasteiger partial charge in [0.2, 0.25) is 5.91 Å². The summed E-state index contributed by atoms with van der Waals surface area (Å²) < 4.78 is 7.95. The Morgan fingerprint density at radius 2 is 2.04 bits per heavy atom. The van der Waals surface area contributed by atoms with Crippen molar-refractivity contribution in [2.24, 2.45) is 5.41 Å². The van der Waals surface area contributed by atoms with E-state index >= 15 is 0 Å². The molecule has 1 amide bonds. The first-order chi connectivity index (χ1) is 11.7. The highest BCUT2D eigenvalue weighted by Gasteiger charge is 2.26. The van der Waals surface area contributed by atoms with Gasteiger partial charge >= 0.3 is 0 Å². The van der Waals surface area contributed by atoms with E-state index in [2.05, 4.69) is 34.8 Å². The Morgan fingerprint density at radius 1 is 1.32 bits per heavy atom. The first-order valence-corrected chi connectivity index (χ1v) is 9.18. The zero-order chi connectivity index (χ0) is 18.9. The number of aromatic nitrogens is 3. The van der Waals surface area contributed by atoms with Gasteiger partial charge in [-0.1, -0.05) is 26.0 Å². The number of rotatable bonds is 12. The molecule has 0 aliphatic carbocycles. The Labute approximate surface area is 151 Å². The average molecular weight is 354 g/mol. The van der Waals surface area contributed by atoms with E-state index in [0.29, 0.717) is 19.6 Å². The van der Waals surface area contributed by atoms with E-state index in [0.717, 1.165) is 31.6 Å². The molecule has 1 unspecified atom stereocenters. The number of carbonyl (C=O) groups excluding carboxylic acids is 1. The third-order valence-corrected chi connectivity index (χ3v) is 4.57. The molecular weight excluding hydrogens is 318 g/mol. The maximum absolute atomic E-state index is 11.4. The van der Waals surface area contributed by atoms with Gasteiger partial charge in [0, 0.05) is 38.9 Å². The lowest BCUT2D eigenvalue weighted by Gasteiger charge is -2.31. The van der Waals surface area contributed by atoms with Crippen LogP contribution in [0.2, 0.25) is 0 Å². The van der Waals surface area contributed by atoms with Crippen LogP contribution in [-0.2, 0) is 22.6 Å². The number of nitrogens with zero attached hydrogens (tertiary/aromatic N) is 3. The lowest BCUT2D eigenvalue weighted by atomic mass is 9.84. The SMILES string of the molecule is CCC(=O)NCC(C)(C)OCCC(C)(CC)Cn1cc(CNC)nn1. The summed E-state index contributed by atoms with van der Waals surface area (Å²) >= 11 is 0. The number of nitrogens with one attached hydrogen (secondary N) is 2. The Kier molecular flexibility index (Phi) is 8.52. The van der Waals surface area contributed by atoms with Gasteiger partial charge in [0.15, 0.2) is 0 Å². The normalized spacial score (nSPS) is 14.3. The summed E-state index contributed by atoms with van der Waals surface area (Å²) in [6.45, 7) is 13.0. The van der Waals surface area contributed by atoms with Gasteiger partial charge in [0.05, 0.1) is 11.3 Å². The Morgan fingerprint density at radius 3 is 2.64 bits per heavy atom. The molecule has 0 aliphatic rings. The van der Waals surface area contributed by atoms with Crippen molar-refractivity contribution in [1.29, 1.82) is 0 Å². The largest absolute Gasteiger partial charge is 0.374 e. The number of hydrogen-bond donors (Lipinski definition) is 2. The van der Waals surface area contributed by atoms with E-state index in [1.807, 2.05) is 38.7 Å². The lowest BCUT2D eigenvalue weighted by Crippen LogP contribution is -2.41.